The summed E-state index contributed by atoms with van der Waals surface area (Å²) in [5.74, 6) is -1.12. The smallest absolute Gasteiger partial charge is 0.349 e. The zero-order chi connectivity index (χ0) is 24.2. The molecule has 2 aromatic carbocycles. The fourth-order valence-electron chi connectivity index (χ4n) is 4.05. The zero-order valence-electron chi connectivity index (χ0n) is 18.9. The number of hydrogen-bond acceptors (Lipinski definition) is 6. The number of ether oxygens (including phenoxy) is 1. The highest BCUT2D eigenvalue weighted by atomic mass is 16.5. The average Bonchev–Trinajstić information content (AvgIpc) is 3.46. The van der Waals surface area contributed by atoms with E-state index in [0.717, 1.165) is 20.4 Å². The molecule has 1 fully saturated rings. The molecule has 1 saturated heterocycles. The molecule has 2 heterocycles. The van der Waals surface area contributed by atoms with E-state index in [9.17, 15) is 19.2 Å². The van der Waals surface area contributed by atoms with Crippen LogP contribution in [0, 0.1) is 0 Å². The van der Waals surface area contributed by atoms with Gasteiger partial charge in [0.25, 0.3) is 5.91 Å². The van der Waals surface area contributed by atoms with Gasteiger partial charge in [0.15, 0.2) is 0 Å². The molecule has 10 heteroatoms. The number of methoxy groups -OCH3 is 1. The number of aromatic nitrogens is 3. The van der Waals surface area contributed by atoms with Gasteiger partial charge in [-0.2, -0.15) is 4.68 Å². The van der Waals surface area contributed by atoms with Crippen LogP contribution in [-0.4, -0.2) is 56.5 Å². The minimum atomic E-state index is -1.43. The van der Waals surface area contributed by atoms with Gasteiger partial charge in [-0.25, -0.2) is 29.0 Å². The molecular weight excluding hydrogens is 438 g/mol. The van der Waals surface area contributed by atoms with Crippen molar-refractivity contribution in [1.82, 2.24) is 19.2 Å². The summed E-state index contributed by atoms with van der Waals surface area (Å²) in [5.41, 5.74) is 0.517. The molecule has 1 aliphatic heterocycles. The standard InChI is InChI=1S/C24H25N5O5/c1-27-23(32)26-29(24(27)33)20(21(30)28-15-9-14-18(28)22(31)34-2)25-19(16-10-5-3-6-11-16)17-12-7-4-8-13-17/h3-8,10-13,18,20H,9,14-15H2,1-2H3,(H,26,32)/t18-,20?/m0/s1. The van der Waals surface area contributed by atoms with Gasteiger partial charge in [0, 0.05) is 24.7 Å². The Labute approximate surface area is 195 Å². The molecule has 1 aliphatic rings. The van der Waals surface area contributed by atoms with Crippen molar-refractivity contribution < 1.29 is 14.3 Å². The monoisotopic (exact) mass is 463 g/mol. The fourth-order valence-corrected chi connectivity index (χ4v) is 4.05. The van der Waals surface area contributed by atoms with Gasteiger partial charge in [0.05, 0.1) is 12.8 Å². The molecule has 0 bridgehead atoms. The molecule has 0 saturated carbocycles. The van der Waals surface area contributed by atoms with Crippen molar-refractivity contribution in [2.75, 3.05) is 13.7 Å². The summed E-state index contributed by atoms with van der Waals surface area (Å²) in [6.07, 6.45) is -0.381. The van der Waals surface area contributed by atoms with Gasteiger partial charge in [-0.1, -0.05) is 60.7 Å². The lowest BCUT2D eigenvalue weighted by atomic mass is 10.0. The Bertz CT molecular complexity index is 1280. The number of esters is 1. The summed E-state index contributed by atoms with van der Waals surface area (Å²) >= 11 is 0. The van der Waals surface area contributed by atoms with Crippen molar-refractivity contribution in [1.29, 1.82) is 0 Å². The second-order valence-corrected chi connectivity index (χ2v) is 7.92. The summed E-state index contributed by atoms with van der Waals surface area (Å²) < 4.78 is 6.64. The van der Waals surface area contributed by atoms with Crippen molar-refractivity contribution in [3.05, 3.63) is 92.8 Å². The van der Waals surface area contributed by atoms with Crippen molar-refractivity contribution >= 4 is 17.6 Å². The Morgan fingerprint density at radius 3 is 2.12 bits per heavy atom. The summed E-state index contributed by atoms with van der Waals surface area (Å²) in [7, 11) is 2.58. The van der Waals surface area contributed by atoms with Crippen LogP contribution in [0.15, 0.2) is 75.2 Å². The number of carbonyl (C=O) groups excluding carboxylic acids is 2. The van der Waals surface area contributed by atoms with Gasteiger partial charge in [-0.3, -0.25) is 4.79 Å². The predicted octanol–water partition coefficient (Wildman–Crippen LogP) is 1.08. The maximum atomic E-state index is 13.8. The minimum absolute atomic E-state index is 0.308. The lowest BCUT2D eigenvalue weighted by molar-refractivity contribution is -0.152. The van der Waals surface area contributed by atoms with Crippen LogP contribution in [0.1, 0.15) is 30.1 Å². The van der Waals surface area contributed by atoms with E-state index in [-0.39, 0.29) is 0 Å². The van der Waals surface area contributed by atoms with Crippen LogP contribution in [0.2, 0.25) is 0 Å². The van der Waals surface area contributed by atoms with Crippen molar-refractivity contribution in [2.24, 2.45) is 12.0 Å². The van der Waals surface area contributed by atoms with Gasteiger partial charge in [0.1, 0.15) is 6.04 Å². The Morgan fingerprint density at radius 1 is 1.03 bits per heavy atom. The number of aliphatic imine (C=N–C) groups is 1. The van der Waals surface area contributed by atoms with Crippen molar-refractivity contribution in [2.45, 2.75) is 25.0 Å². The SMILES string of the molecule is COC(=O)[C@@H]1CCCN1C(=O)C(N=C(c1ccccc1)c1ccccc1)n1[nH]c(=O)n(C)c1=O. The third kappa shape index (κ3) is 4.34. The highest BCUT2D eigenvalue weighted by molar-refractivity contribution is 6.13. The highest BCUT2D eigenvalue weighted by Crippen LogP contribution is 2.24. The molecular formula is C24H25N5O5. The summed E-state index contributed by atoms with van der Waals surface area (Å²) in [6.45, 7) is 0.308. The quantitative estimate of drug-likeness (QED) is 0.433. The largest absolute Gasteiger partial charge is 0.467 e. The van der Waals surface area contributed by atoms with Gasteiger partial charge in [0.2, 0.25) is 6.17 Å². The van der Waals surface area contributed by atoms with Crippen LogP contribution in [0.25, 0.3) is 0 Å². The molecule has 1 aromatic heterocycles. The first kappa shape index (κ1) is 23.0. The van der Waals surface area contributed by atoms with Crippen LogP contribution in [0.3, 0.4) is 0 Å². The number of hydrogen-bond donors (Lipinski definition) is 1. The zero-order valence-corrected chi connectivity index (χ0v) is 18.9. The van der Waals surface area contributed by atoms with E-state index >= 15 is 0 Å². The number of nitrogens with zero attached hydrogens (tertiary/aromatic N) is 4. The molecule has 3 aromatic rings. The van der Waals surface area contributed by atoms with E-state index in [1.54, 1.807) is 0 Å². The Balaban J connectivity index is 1.90. The topological polar surface area (TPSA) is 119 Å². The Morgan fingerprint density at radius 2 is 1.62 bits per heavy atom. The molecule has 2 atom stereocenters. The Hall–Kier alpha value is -4.21. The molecule has 176 valence electrons. The lowest BCUT2D eigenvalue weighted by Gasteiger charge is -2.26. The third-order valence-corrected chi connectivity index (χ3v) is 5.83. The maximum absolute atomic E-state index is 13.8. The van der Waals surface area contributed by atoms with E-state index in [4.69, 9.17) is 9.73 Å². The normalized spacial score (nSPS) is 16.2. The highest BCUT2D eigenvalue weighted by Gasteiger charge is 2.39. The predicted molar refractivity (Wildman–Crippen MR) is 125 cm³/mol. The summed E-state index contributed by atoms with van der Waals surface area (Å²) in [4.78, 5) is 57.2. The maximum Gasteiger partial charge on any atom is 0.349 e. The van der Waals surface area contributed by atoms with Crippen LogP contribution in [0.4, 0.5) is 0 Å². The first-order valence-corrected chi connectivity index (χ1v) is 10.9. The van der Waals surface area contributed by atoms with Crippen LogP contribution in [0.5, 0.6) is 0 Å². The first-order valence-electron chi connectivity index (χ1n) is 10.9. The minimum Gasteiger partial charge on any atom is -0.467 e. The summed E-state index contributed by atoms with van der Waals surface area (Å²) in [6, 6.07) is 17.7. The number of benzene rings is 2. The number of nitrogens with one attached hydrogen (secondary N) is 1. The van der Waals surface area contributed by atoms with Gasteiger partial charge < -0.3 is 9.64 Å². The van der Waals surface area contributed by atoms with Gasteiger partial charge in [-0.15, -0.1) is 0 Å². The number of likely N-dealkylation sites (tertiary alicyclic amines) is 1. The third-order valence-electron chi connectivity index (χ3n) is 5.83. The van der Waals surface area contributed by atoms with Crippen LogP contribution >= 0.6 is 0 Å². The molecule has 0 radical (unpaired) electrons. The van der Waals surface area contributed by atoms with Crippen LogP contribution in [-0.2, 0) is 21.4 Å². The molecule has 10 nitrogen and oxygen atoms in total. The number of carbonyl (C=O) groups is 2. The van der Waals surface area contributed by atoms with E-state index in [2.05, 4.69) is 5.10 Å². The molecule has 0 spiro atoms. The molecule has 34 heavy (non-hydrogen) atoms. The Kier molecular flexibility index (Phi) is 6.58. The van der Waals surface area contributed by atoms with Crippen molar-refractivity contribution in [3.63, 3.8) is 0 Å². The van der Waals surface area contributed by atoms with E-state index in [0.29, 0.717) is 25.1 Å². The lowest BCUT2D eigenvalue weighted by Crippen LogP contribution is -2.46. The van der Waals surface area contributed by atoms with E-state index in [1.807, 2.05) is 60.7 Å². The van der Waals surface area contributed by atoms with Gasteiger partial charge in [-0.05, 0) is 12.8 Å². The number of amides is 1. The van der Waals surface area contributed by atoms with E-state index in [1.165, 1.54) is 19.1 Å². The molecule has 1 unspecified atom stereocenters. The average molecular weight is 463 g/mol. The van der Waals surface area contributed by atoms with E-state index < -0.39 is 35.5 Å². The molecule has 1 N–H and O–H groups in total. The summed E-state index contributed by atoms with van der Waals surface area (Å²) in [5, 5.41) is 2.42. The second kappa shape index (κ2) is 9.74. The molecule has 4 rings (SSSR count). The van der Waals surface area contributed by atoms with Crippen molar-refractivity contribution in [3.8, 4) is 0 Å². The molecule has 1 amide bonds. The fraction of sp³-hybridized carbons (Fsp3) is 0.292. The second-order valence-electron chi connectivity index (χ2n) is 7.92. The number of H-pyrrole nitrogens is 1. The van der Waals surface area contributed by atoms with Crippen LogP contribution < -0.4 is 11.4 Å². The molecule has 0 aliphatic carbocycles. The number of aromatic amines is 1. The van der Waals surface area contributed by atoms with Gasteiger partial charge >= 0.3 is 17.3 Å². The first-order chi connectivity index (χ1) is 16.4. The number of rotatable bonds is 6.